The lowest BCUT2D eigenvalue weighted by atomic mass is 10.1. The van der Waals surface area contributed by atoms with Gasteiger partial charge in [0, 0.05) is 12.2 Å². The van der Waals surface area contributed by atoms with Gasteiger partial charge in [-0.05, 0) is 12.1 Å². The number of alkyl halides is 3. The van der Waals surface area contributed by atoms with Gasteiger partial charge in [0.05, 0.1) is 18.8 Å². The summed E-state index contributed by atoms with van der Waals surface area (Å²) in [7, 11) is 0. The highest BCUT2D eigenvalue weighted by Crippen LogP contribution is 2.37. The number of morpholine rings is 1. The molecule has 1 unspecified atom stereocenters. The Bertz CT molecular complexity index is 476. The van der Waals surface area contributed by atoms with Gasteiger partial charge in [0.15, 0.2) is 6.04 Å². The number of anilines is 1. The molecule has 2 rings (SSSR count). The molecule has 1 aliphatic heterocycles. The molecule has 0 amide bonds. The fraction of sp³-hybridized carbons (Fsp3) is 0.417. The highest BCUT2D eigenvalue weighted by atomic mass is 19.4. The zero-order valence-electron chi connectivity index (χ0n) is 9.85. The number of carbonyl (C=O) groups is 1. The third-order valence-corrected chi connectivity index (χ3v) is 2.93. The molecule has 1 aromatic rings. The Balaban J connectivity index is 2.42. The smallest absolute Gasteiger partial charge is 0.418 e. The summed E-state index contributed by atoms with van der Waals surface area (Å²) >= 11 is 0. The molecule has 1 atom stereocenters. The van der Waals surface area contributed by atoms with Gasteiger partial charge in [-0.2, -0.15) is 13.2 Å². The number of hydrogen-bond donors (Lipinski definition) is 1. The van der Waals surface area contributed by atoms with Crippen molar-refractivity contribution in [3.63, 3.8) is 0 Å². The second-order valence-electron chi connectivity index (χ2n) is 4.14. The molecule has 0 bridgehead atoms. The second kappa shape index (κ2) is 5.08. The summed E-state index contributed by atoms with van der Waals surface area (Å²) in [6.45, 7) is 0.196. The van der Waals surface area contributed by atoms with Crippen molar-refractivity contribution in [1.82, 2.24) is 0 Å². The average molecular weight is 275 g/mol. The Morgan fingerprint density at radius 3 is 2.68 bits per heavy atom. The maximum absolute atomic E-state index is 12.9. The predicted molar refractivity (Wildman–Crippen MR) is 61.0 cm³/mol. The van der Waals surface area contributed by atoms with E-state index in [4.69, 9.17) is 9.84 Å². The number of nitrogens with zero attached hydrogens (tertiary/aromatic N) is 1. The van der Waals surface area contributed by atoms with Crippen LogP contribution in [0.1, 0.15) is 5.56 Å². The molecule has 1 aromatic carbocycles. The topological polar surface area (TPSA) is 49.8 Å². The van der Waals surface area contributed by atoms with Gasteiger partial charge in [0.2, 0.25) is 0 Å². The lowest BCUT2D eigenvalue weighted by Gasteiger charge is -2.36. The lowest BCUT2D eigenvalue weighted by Crippen LogP contribution is -2.50. The van der Waals surface area contributed by atoms with Crippen LogP contribution < -0.4 is 4.90 Å². The summed E-state index contributed by atoms with van der Waals surface area (Å²) < 4.78 is 43.8. The molecule has 1 aliphatic rings. The van der Waals surface area contributed by atoms with E-state index >= 15 is 0 Å². The van der Waals surface area contributed by atoms with Gasteiger partial charge in [0.1, 0.15) is 0 Å². The quantitative estimate of drug-likeness (QED) is 0.896. The van der Waals surface area contributed by atoms with E-state index in [2.05, 4.69) is 0 Å². The molecular weight excluding hydrogens is 263 g/mol. The number of aliphatic carboxylic acids is 1. The number of rotatable bonds is 2. The van der Waals surface area contributed by atoms with Crippen LogP contribution in [0.2, 0.25) is 0 Å². The summed E-state index contributed by atoms with van der Waals surface area (Å²) in [6, 6.07) is 3.87. The average Bonchev–Trinajstić information content (AvgIpc) is 2.37. The van der Waals surface area contributed by atoms with Crippen molar-refractivity contribution < 1.29 is 27.8 Å². The van der Waals surface area contributed by atoms with Gasteiger partial charge in [0.25, 0.3) is 0 Å². The Morgan fingerprint density at radius 2 is 2.05 bits per heavy atom. The highest BCUT2D eigenvalue weighted by molar-refractivity contribution is 5.79. The van der Waals surface area contributed by atoms with E-state index in [0.717, 1.165) is 6.07 Å². The Kier molecular flexibility index (Phi) is 3.66. The molecule has 19 heavy (non-hydrogen) atoms. The van der Waals surface area contributed by atoms with Gasteiger partial charge in [-0.25, -0.2) is 4.79 Å². The maximum Gasteiger partial charge on any atom is 0.418 e. The van der Waals surface area contributed by atoms with Crippen LogP contribution in [0.5, 0.6) is 0 Å². The van der Waals surface area contributed by atoms with Gasteiger partial charge in [-0.15, -0.1) is 0 Å². The molecular formula is C12H12F3NO3. The van der Waals surface area contributed by atoms with Crippen LogP contribution in [-0.2, 0) is 15.7 Å². The first-order valence-electron chi connectivity index (χ1n) is 5.64. The first-order valence-corrected chi connectivity index (χ1v) is 5.64. The molecule has 1 heterocycles. The van der Waals surface area contributed by atoms with Gasteiger partial charge >= 0.3 is 12.1 Å². The molecule has 104 valence electrons. The van der Waals surface area contributed by atoms with E-state index in [1.165, 1.54) is 23.1 Å². The Labute approximate surface area is 107 Å². The van der Waals surface area contributed by atoms with Crippen LogP contribution in [0.4, 0.5) is 18.9 Å². The Morgan fingerprint density at radius 1 is 1.37 bits per heavy atom. The molecule has 1 saturated heterocycles. The fourth-order valence-corrected chi connectivity index (χ4v) is 2.06. The number of benzene rings is 1. The van der Waals surface area contributed by atoms with Gasteiger partial charge in [-0.1, -0.05) is 12.1 Å². The number of halogens is 3. The monoisotopic (exact) mass is 275 g/mol. The molecule has 0 radical (unpaired) electrons. The number of para-hydroxylation sites is 1. The SMILES string of the molecule is O=C(O)C1COCCN1c1ccccc1C(F)(F)F. The van der Waals surface area contributed by atoms with Gasteiger partial charge < -0.3 is 14.7 Å². The minimum absolute atomic E-state index is 0.115. The first kappa shape index (κ1) is 13.7. The summed E-state index contributed by atoms with van der Waals surface area (Å²) in [5.41, 5.74) is -0.950. The van der Waals surface area contributed by atoms with Crippen molar-refractivity contribution in [2.45, 2.75) is 12.2 Å². The molecule has 1 fully saturated rings. The van der Waals surface area contributed by atoms with Crippen molar-refractivity contribution in [1.29, 1.82) is 0 Å². The van der Waals surface area contributed by atoms with Crippen LogP contribution in [0.15, 0.2) is 24.3 Å². The lowest BCUT2D eigenvalue weighted by molar-refractivity contribution is -0.142. The number of carboxylic acid groups (broad SMARTS) is 1. The minimum atomic E-state index is -4.52. The standard InChI is InChI=1S/C12H12F3NO3/c13-12(14,15)8-3-1-2-4-9(8)16-5-6-19-7-10(16)11(17)18/h1-4,10H,5-7H2,(H,17,18). The zero-order chi connectivity index (χ0) is 14.0. The van der Waals surface area contributed by atoms with E-state index in [0.29, 0.717) is 0 Å². The van der Waals surface area contributed by atoms with E-state index in [1.54, 1.807) is 0 Å². The van der Waals surface area contributed by atoms with Crippen LogP contribution in [0.3, 0.4) is 0 Å². The van der Waals surface area contributed by atoms with E-state index in [1.807, 2.05) is 0 Å². The maximum atomic E-state index is 12.9. The Hall–Kier alpha value is -1.76. The second-order valence-corrected chi connectivity index (χ2v) is 4.14. The van der Waals surface area contributed by atoms with Gasteiger partial charge in [-0.3, -0.25) is 0 Å². The summed E-state index contributed by atoms with van der Waals surface area (Å²) in [5.74, 6) is -1.20. The highest BCUT2D eigenvalue weighted by Gasteiger charge is 2.38. The fourth-order valence-electron chi connectivity index (χ4n) is 2.06. The van der Waals surface area contributed by atoms with Crippen LogP contribution in [0.25, 0.3) is 0 Å². The number of ether oxygens (including phenoxy) is 1. The number of carboxylic acids is 1. The predicted octanol–water partition coefficient (Wildman–Crippen LogP) is 2.00. The summed E-state index contributed by atoms with van der Waals surface area (Å²) in [5, 5.41) is 9.06. The van der Waals surface area contributed by atoms with Crippen LogP contribution in [0, 0.1) is 0 Å². The van der Waals surface area contributed by atoms with Crippen molar-refractivity contribution in [2.24, 2.45) is 0 Å². The van der Waals surface area contributed by atoms with E-state index in [9.17, 15) is 18.0 Å². The summed E-state index contributed by atoms with van der Waals surface area (Å²) in [4.78, 5) is 12.3. The molecule has 4 nitrogen and oxygen atoms in total. The molecule has 0 aromatic heterocycles. The molecule has 1 N–H and O–H groups in total. The molecule has 0 spiro atoms. The van der Waals surface area contributed by atoms with E-state index < -0.39 is 23.8 Å². The molecule has 0 aliphatic carbocycles. The van der Waals surface area contributed by atoms with Crippen molar-refractivity contribution >= 4 is 11.7 Å². The van der Waals surface area contributed by atoms with Crippen LogP contribution in [-0.4, -0.2) is 36.9 Å². The van der Waals surface area contributed by atoms with Crippen molar-refractivity contribution in [2.75, 3.05) is 24.7 Å². The largest absolute Gasteiger partial charge is 0.480 e. The molecule has 7 heteroatoms. The minimum Gasteiger partial charge on any atom is -0.480 e. The normalized spacial score (nSPS) is 20.4. The van der Waals surface area contributed by atoms with Crippen LogP contribution >= 0.6 is 0 Å². The first-order chi connectivity index (χ1) is 8.91. The zero-order valence-corrected chi connectivity index (χ0v) is 9.85. The third kappa shape index (κ3) is 2.81. The van der Waals surface area contributed by atoms with Crippen molar-refractivity contribution in [3.05, 3.63) is 29.8 Å². The third-order valence-electron chi connectivity index (χ3n) is 2.93. The van der Waals surface area contributed by atoms with Crippen molar-refractivity contribution in [3.8, 4) is 0 Å². The number of hydrogen-bond acceptors (Lipinski definition) is 3. The summed E-state index contributed by atoms with van der Waals surface area (Å²) in [6.07, 6.45) is -4.52. The molecule has 0 saturated carbocycles. The van der Waals surface area contributed by atoms with E-state index in [-0.39, 0.29) is 25.4 Å².